The van der Waals surface area contributed by atoms with Gasteiger partial charge in [-0.15, -0.1) is 6.42 Å². The van der Waals surface area contributed by atoms with Gasteiger partial charge in [0.05, 0.1) is 10.7 Å². The summed E-state index contributed by atoms with van der Waals surface area (Å²) in [6.45, 7) is 1.52. The summed E-state index contributed by atoms with van der Waals surface area (Å²) < 4.78 is 5.34. The molecule has 1 aliphatic carbocycles. The van der Waals surface area contributed by atoms with E-state index in [0.29, 0.717) is 29.8 Å². The van der Waals surface area contributed by atoms with Crippen LogP contribution in [0.5, 0.6) is 0 Å². The van der Waals surface area contributed by atoms with Crippen molar-refractivity contribution in [1.29, 1.82) is 0 Å². The van der Waals surface area contributed by atoms with Crippen LogP contribution in [0.4, 0.5) is 11.4 Å². The van der Waals surface area contributed by atoms with Crippen molar-refractivity contribution in [3.8, 4) is 12.3 Å². The molecular formula is C19H22ClN3O3. The molecule has 2 aliphatic rings. The number of nitrogens with one attached hydrogen (secondary N) is 1. The highest BCUT2D eigenvalue weighted by molar-refractivity contribution is 6.33. The lowest BCUT2D eigenvalue weighted by Gasteiger charge is -2.43. The second-order valence-corrected chi connectivity index (χ2v) is 7.19. The first-order valence-corrected chi connectivity index (χ1v) is 9.07. The molecule has 1 saturated carbocycles. The van der Waals surface area contributed by atoms with E-state index >= 15 is 0 Å². The Kier molecular flexibility index (Phi) is 5.40. The van der Waals surface area contributed by atoms with Gasteiger partial charge in [-0.05, 0) is 42.9 Å². The quantitative estimate of drug-likeness (QED) is 0.746. The third kappa shape index (κ3) is 3.64. The molecule has 0 bridgehead atoms. The average molecular weight is 376 g/mol. The maximum Gasteiger partial charge on any atom is 0.303 e. The number of nitrogens with two attached hydrogens (primary N) is 1. The molecule has 6 nitrogen and oxygen atoms in total. The second-order valence-electron chi connectivity index (χ2n) is 6.78. The molecule has 0 aromatic heterocycles. The topological polar surface area (TPSA) is 84.7 Å². The van der Waals surface area contributed by atoms with Crippen molar-refractivity contribution >= 4 is 34.8 Å². The van der Waals surface area contributed by atoms with Crippen molar-refractivity contribution in [2.24, 2.45) is 11.7 Å². The number of rotatable bonds is 6. The molecule has 7 heteroatoms. The largest absolute Gasteiger partial charge is 0.384 e. The van der Waals surface area contributed by atoms with Crippen LogP contribution in [-0.2, 0) is 14.3 Å². The fraction of sp³-hybridized carbons (Fsp3) is 0.474. The van der Waals surface area contributed by atoms with Crippen LogP contribution in [0.2, 0.25) is 5.02 Å². The van der Waals surface area contributed by atoms with Gasteiger partial charge in [-0.2, -0.15) is 0 Å². The molecule has 0 radical (unpaired) electrons. The standard InChI is InChI=1S/C19H22ClN3O3/c1-2-17(24)23(19(18(21)25)7-9-26-10-8-19)14-5-6-16(15(20)11-14)22-12-13-3-4-13/h1,5-6,11,13,22H,3-4,7-10,12H2,(H2,21,25). The first-order chi connectivity index (χ1) is 12.5. The van der Waals surface area contributed by atoms with Crippen molar-refractivity contribution in [3.63, 3.8) is 0 Å². The minimum Gasteiger partial charge on any atom is -0.384 e. The Balaban J connectivity index is 1.94. The van der Waals surface area contributed by atoms with Crippen molar-refractivity contribution in [1.82, 2.24) is 0 Å². The zero-order valence-electron chi connectivity index (χ0n) is 14.5. The predicted molar refractivity (Wildman–Crippen MR) is 101 cm³/mol. The molecule has 1 aromatic rings. The fourth-order valence-electron chi connectivity index (χ4n) is 3.28. The third-order valence-corrected chi connectivity index (χ3v) is 5.33. The molecule has 0 atom stereocenters. The minimum atomic E-state index is -1.21. The molecular weight excluding hydrogens is 354 g/mol. The maximum absolute atomic E-state index is 12.5. The summed E-state index contributed by atoms with van der Waals surface area (Å²) in [4.78, 5) is 26.1. The van der Waals surface area contributed by atoms with E-state index < -0.39 is 17.4 Å². The fourth-order valence-corrected chi connectivity index (χ4v) is 3.52. The summed E-state index contributed by atoms with van der Waals surface area (Å²) in [7, 11) is 0. The first-order valence-electron chi connectivity index (χ1n) is 8.70. The Labute approximate surface area is 158 Å². The van der Waals surface area contributed by atoms with Gasteiger partial charge in [-0.1, -0.05) is 11.6 Å². The molecule has 2 fully saturated rings. The van der Waals surface area contributed by atoms with Gasteiger partial charge in [0.2, 0.25) is 5.91 Å². The van der Waals surface area contributed by atoms with E-state index in [-0.39, 0.29) is 12.8 Å². The van der Waals surface area contributed by atoms with Gasteiger partial charge in [0, 0.05) is 38.3 Å². The van der Waals surface area contributed by atoms with Gasteiger partial charge >= 0.3 is 5.91 Å². The van der Waals surface area contributed by atoms with Crippen LogP contribution in [-0.4, -0.2) is 37.1 Å². The van der Waals surface area contributed by atoms with E-state index in [4.69, 9.17) is 28.5 Å². The molecule has 138 valence electrons. The normalized spacial score (nSPS) is 18.6. The van der Waals surface area contributed by atoms with E-state index in [1.165, 1.54) is 17.7 Å². The number of hydrogen-bond donors (Lipinski definition) is 2. The summed E-state index contributed by atoms with van der Waals surface area (Å²) in [5.41, 5.74) is 5.71. The number of benzene rings is 1. The van der Waals surface area contributed by atoms with Crippen molar-refractivity contribution < 1.29 is 14.3 Å². The van der Waals surface area contributed by atoms with Gasteiger partial charge in [0.15, 0.2) is 0 Å². The van der Waals surface area contributed by atoms with E-state index in [9.17, 15) is 9.59 Å². The highest BCUT2D eigenvalue weighted by Crippen LogP contribution is 2.36. The smallest absolute Gasteiger partial charge is 0.303 e. The van der Waals surface area contributed by atoms with Crippen molar-refractivity contribution in [2.75, 3.05) is 30.0 Å². The summed E-state index contributed by atoms with van der Waals surface area (Å²) >= 11 is 6.40. The van der Waals surface area contributed by atoms with Gasteiger partial charge < -0.3 is 15.8 Å². The third-order valence-electron chi connectivity index (χ3n) is 5.02. The number of terminal acetylenes is 1. The van der Waals surface area contributed by atoms with Crippen LogP contribution in [0, 0.1) is 18.3 Å². The Bertz CT molecular complexity index is 749. The Morgan fingerprint density at radius 3 is 2.62 bits per heavy atom. The van der Waals surface area contributed by atoms with Crippen LogP contribution in [0.15, 0.2) is 18.2 Å². The van der Waals surface area contributed by atoms with Crippen LogP contribution in [0.3, 0.4) is 0 Å². The lowest BCUT2D eigenvalue weighted by atomic mass is 9.86. The number of nitrogens with zero attached hydrogens (tertiary/aromatic N) is 1. The van der Waals surface area contributed by atoms with Gasteiger partial charge in [0.25, 0.3) is 0 Å². The zero-order valence-corrected chi connectivity index (χ0v) is 15.2. The monoisotopic (exact) mass is 375 g/mol. The molecule has 3 rings (SSSR count). The van der Waals surface area contributed by atoms with Gasteiger partial charge in [0.1, 0.15) is 5.54 Å². The Morgan fingerprint density at radius 1 is 1.38 bits per heavy atom. The van der Waals surface area contributed by atoms with E-state index in [2.05, 4.69) is 11.2 Å². The molecule has 1 heterocycles. The summed E-state index contributed by atoms with van der Waals surface area (Å²) in [6, 6.07) is 5.17. The molecule has 26 heavy (non-hydrogen) atoms. The van der Waals surface area contributed by atoms with Crippen molar-refractivity contribution in [3.05, 3.63) is 23.2 Å². The maximum atomic E-state index is 12.5. The SMILES string of the molecule is C#CC(=O)N(c1ccc(NCC2CC2)c(Cl)c1)C1(C(N)=O)CCOCC1. The number of ether oxygens (including phenoxy) is 1. The molecule has 1 saturated heterocycles. The Morgan fingerprint density at radius 2 is 2.08 bits per heavy atom. The predicted octanol–water partition coefficient (Wildman–Crippen LogP) is 2.16. The molecule has 3 N–H and O–H groups in total. The van der Waals surface area contributed by atoms with Gasteiger partial charge in [-0.3, -0.25) is 14.5 Å². The minimum absolute atomic E-state index is 0.287. The summed E-state index contributed by atoms with van der Waals surface area (Å²) in [5, 5.41) is 3.77. The zero-order chi connectivity index (χ0) is 18.7. The second kappa shape index (κ2) is 7.56. The number of carbonyl (C=O) groups excluding carboxylic acids is 2. The van der Waals surface area contributed by atoms with E-state index in [0.717, 1.165) is 12.2 Å². The molecule has 0 spiro atoms. The summed E-state index contributed by atoms with van der Waals surface area (Å²) in [6.07, 6.45) is 8.40. The van der Waals surface area contributed by atoms with E-state index in [1.54, 1.807) is 18.2 Å². The molecule has 2 amide bonds. The van der Waals surface area contributed by atoms with Crippen LogP contribution in [0.1, 0.15) is 25.7 Å². The summed E-state index contributed by atoms with van der Waals surface area (Å²) in [5.74, 6) is 1.58. The number of anilines is 2. The highest BCUT2D eigenvalue weighted by atomic mass is 35.5. The number of primary amides is 1. The lowest BCUT2D eigenvalue weighted by Crippen LogP contribution is -2.62. The van der Waals surface area contributed by atoms with Gasteiger partial charge in [-0.25, -0.2) is 0 Å². The molecule has 1 aliphatic heterocycles. The first kappa shape index (κ1) is 18.6. The Hall–Kier alpha value is -2.23. The molecule has 0 unspecified atom stereocenters. The number of amides is 2. The van der Waals surface area contributed by atoms with Crippen LogP contribution in [0.25, 0.3) is 0 Å². The number of halogens is 1. The van der Waals surface area contributed by atoms with Crippen LogP contribution >= 0.6 is 11.6 Å². The number of hydrogen-bond acceptors (Lipinski definition) is 4. The van der Waals surface area contributed by atoms with Crippen LogP contribution < -0.4 is 16.0 Å². The van der Waals surface area contributed by atoms with Crippen molar-refractivity contribution in [2.45, 2.75) is 31.2 Å². The average Bonchev–Trinajstić information content (AvgIpc) is 3.46. The lowest BCUT2D eigenvalue weighted by molar-refractivity contribution is -0.130. The number of carbonyl (C=O) groups is 2. The van der Waals surface area contributed by atoms with E-state index in [1.807, 2.05) is 0 Å². The highest BCUT2D eigenvalue weighted by Gasteiger charge is 2.47. The molecule has 1 aromatic carbocycles.